The number of piperazine rings is 1. The SMILES string of the molecule is CN=CC1CNCCN1C. The van der Waals surface area contributed by atoms with E-state index < -0.39 is 0 Å². The van der Waals surface area contributed by atoms with E-state index in [0.717, 1.165) is 19.6 Å². The topological polar surface area (TPSA) is 27.6 Å². The lowest BCUT2D eigenvalue weighted by Gasteiger charge is -2.30. The Morgan fingerprint density at radius 3 is 3.10 bits per heavy atom. The van der Waals surface area contributed by atoms with Gasteiger partial charge in [0.15, 0.2) is 0 Å². The molecule has 0 spiro atoms. The quantitative estimate of drug-likeness (QED) is 0.503. The molecule has 1 atom stereocenters. The van der Waals surface area contributed by atoms with Crippen LogP contribution in [-0.2, 0) is 0 Å². The van der Waals surface area contributed by atoms with Crippen molar-refractivity contribution in [2.24, 2.45) is 4.99 Å². The maximum absolute atomic E-state index is 4.00. The number of rotatable bonds is 1. The molecule has 0 aromatic heterocycles. The Balaban J connectivity index is 2.39. The lowest BCUT2D eigenvalue weighted by atomic mass is 10.2. The van der Waals surface area contributed by atoms with Crippen LogP contribution >= 0.6 is 0 Å². The van der Waals surface area contributed by atoms with E-state index >= 15 is 0 Å². The van der Waals surface area contributed by atoms with Gasteiger partial charge in [0.1, 0.15) is 0 Å². The molecule has 3 nitrogen and oxygen atoms in total. The first-order chi connectivity index (χ1) is 4.84. The van der Waals surface area contributed by atoms with Crippen molar-refractivity contribution in [2.45, 2.75) is 6.04 Å². The molecular formula is C7H15N3. The monoisotopic (exact) mass is 141 g/mol. The normalized spacial score (nSPS) is 29.6. The highest BCUT2D eigenvalue weighted by Crippen LogP contribution is 1.95. The van der Waals surface area contributed by atoms with Crippen molar-refractivity contribution in [1.29, 1.82) is 0 Å². The standard InChI is InChI=1S/C7H15N3/c1-8-5-7-6-9-3-4-10(7)2/h5,7,9H,3-4,6H2,1-2H3. The minimum atomic E-state index is 0.499. The van der Waals surface area contributed by atoms with Gasteiger partial charge in [0.05, 0.1) is 6.04 Å². The first-order valence-electron chi connectivity index (χ1n) is 3.68. The van der Waals surface area contributed by atoms with Crippen LogP contribution in [0.1, 0.15) is 0 Å². The first-order valence-corrected chi connectivity index (χ1v) is 3.68. The van der Waals surface area contributed by atoms with Gasteiger partial charge in [0.25, 0.3) is 0 Å². The Kier molecular flexibility index (Phi) is 2.83. The van der Waals surface area contributed by atoms with Crippen molar-refractivity contribution in [3.05, 3.63) is 0 Å². The summed E-state index contributed by atoms with van der Waals surface area (Å²) in [5, 5.41) is 3.32. The summed E-state index contributed by atoms with van der Waals surface area (Å²) in [4.78, 5) is 6.31. The van der Waals surface area contributed by atoms with Crippen LogP contribution in [0, 0.1) is 0 Å². The average Bonchev–Trinajstić information content (AvgIpc) is 1.94. The van der Waals surface area contributed by atoms with Gasteiger partial charge in [-0.05, 0) is 7.05 Å². The predicted octanol–water partition coefficient (Wildman–Crippen LogP) is -0.409. The number of hydrogen-bond acceptors (Lipinski definition) is 3. The van der Waals surface area contributed by atoms with E-state index in [1.165, 1.54) is 0 Å². The van der Waals surface area contributed by atoms with Crippen LogP contribution in [-0.4, -0.2) is 50.9 Å². The Labute approximate surface area is 62.1 Å². The summed E-state index contributed by atoms with van der Waals surface area (Å²) in [6.45, 7) is 3.26. The number of nitrogens with one attached hydrogen (secondary N) is 1. The van der Waals surface area contributed by atoms with E-state index in [9.17, 15) is 0 Å². The maximum Gasteiger partial charge on any atom is 0.0569 e. The van der Waals surface area contributed by atoms with E-state index in [2.05, 4.69) is 22.3 Å². The molecule has 0 saturated carbocycles. The van der Waals surface area contributed by atoms with Gasteiger partial charge in [-0.1, -0.05) is 0 Å². The highest BCUT2D eigenvalue weighted by molar-refractivity contribution is 5.64. The van der Waals surface area contributed by atoms with Gasteiger partial charge in [-0.2, -0.15) is 0 Å². The third-order valence-electron chi connectivity index (χ3n) is 1.88. The molecule has 10 heavy (non-hydrogen) atoms. The molecule has 3 heteroatoms. The van der Waals surface area contributed by atoms with Gasteiger partial charge in [0, 0.05) is 32.9 Å². The van der Waals surface area contributed by atoms with Gasteiger partial charge < -0.3 is 5.32 Å². The summed E-state index contributed by atoms with van der Waals surface area (Å²) in [7, 11) is 3.95. The number of nitrogens with zero attached hydrogens (tertiary/aromatic N) is 2. The predicted molar refractivity (Wildman–Crippen MR) is 43.7 cm³/mol. The molecule has 1 aliphatic rings. The van der Waals surface area contributed by atoms with Gasteiger partial charge >= 0.3 is 0 Å². The molecule has 1 unspecified atom stereocenters. The minimum Gasteiger partial charge on any atom is -0.314 e. The summed E-state index contributed by atoms with van der Waals surface area (Å²) >= 11 is 0. The fraction of sp³-hybridized carbons (Fsp3) is 0.857. The van der Waals surface area contributed by atoms with Gasteiger partial charge in [0.2, 0.25) is 0 Å². The molecule has 1 rings (SSSR count). The van der Waals surface area contributed by atoms with Crippen LogP contribution < -0.4 is 5.32 Å². The molecule has 58 valence electrons. The maximum atomic E-state index is 4.00. The molecule has 1 aliphatic heterocycles. The van der Waals surface area contributed by atoms with Crippen LogP contribution in [0.25, 0.3) is 0 Å². The van der Waals surface area contributed by atoms with E-state index in [1.807, 2.05) is 13.3 Å². The summed E-state index contributed by atoms with van der Waals surface area (Å²) in [5.74, 6) is 0. The summed E-state index contributed by atoms with van der Waals surface area (Å²) in [5.41, 5.74) is 0. The Bertz CT molecular complexity index is 122. The van der Waals surface area contributed by atoms with Crippen molar-refractivity contribution in [1.82, 2.24) is 10.2 Å². The fourth-order valence-corrected chi connectivity index (χ4v) is 1.17. The van der Waals surface area contributed by atoms with E-state index in [1.54, 1.807) is 0 Å². The smallest absolute Gasteiger partial charge is 0.0569 e. The lowest BCUT2D eigenvalue weighted by molar-refractivity contribution is 0.253. The van der Waals surface area contributed by atoms with Crippen molar-refractivity contribution in [3.8, 4) is 0 Å². The summed E-state index contributed by atoms with van der Waals surface area (Å²) in [6.07, 6.45) is 1.99. The molecule has 0 aromatic carbocycles. The third-order valence-corrected chi connectivity index (χ3v) is 1.88. The average molecular weight is 141 g/mol. The highest BCUT2D eigenvalue weighted by atomic mass is 15.2. The van der Waals surface area contributed by atoms with E-state index in [-0.39, 0.29) is 0 Å². The molecule has 1 heterocycles. The van der Waals surface area contributed by atoms with Crippen molar-refractivity contribution < 1.29 is 0 Å². The van der Waals surface area contributed by atoms with Crippen molar-refractivity contribution >= 4 is 6.21 Å². The van der Waals surface area contributed by atoms with Crippen LogP contribution in [0.2, 0.25) is 0 Å². The highest BCUT2D eigenvalue weighted by Gasteiger charge is 2.14. The number of aliphatic imine (C=N–C) groups is 1. The van der Waals surface area contributed by atoms with Crippen molar-refractivity contribution in [3.63, 3.8) is 0 Å². The van der Waals surface area contributed by atoms with Crippen LogP contribution in [0.15, 0.2) is 4.99 Å². The second kappa shape index (κ2) is 3.68. The second-order valence-corrected chi connectivity index (χ2v) is 2.66. The fourth-order valence-electron chi connectivity index (χ4n) is 1.17. The number of hydrogen-bond donors (Lipinski definition) is 1. The lowest BCUT2D eigenvalue weighted by Crippen LogP contribution is -2.49. The van der Waals surface area contributed by atoms with Crippen molar-refractivity contribution in [2.75, 3.05) is 33.7 Å². The van der Waals surface area contributed by atoms with E-state index in [0.29, 0.717) is 6.04 Å². The molecule has 0 aliphatic carbocycles. The molecule has 1 N–H and O–H groups in total. The van der Waals surface area contributed by atoms with Crippen LogP contribution in [0.3, 0.4) is 0 Å². The molecule has 1 fully saturated rings. The first kappa shape index (κ1) is 7.69. The van der Waals surface area contributed by atoms with Crippen LogP contribution in [0.5, 0.6) is 0 Å². The zero-order valence-electron chi connectivity index (χ0n) is 6.67. The largest absolute Gasteiger partial charge is 0.314 e. The zero-order valence-corrected chi connectivity index (χ0v) is 6.67. The Morgan fingerprint density at radius 2 is 2.50 bits per heavy atom. The van der Waals surface area contributed by atoms with E-state index in [4.69, 9.17) is 0 Å². The molecule has 0 bridgehead atoms. The molecular weight excluding hydrogens is 126 g/mol. The summed E-state index contributed by atoms with van der Waals surface area (Å²) in [6, 6.07) is 0.499. The van der Waals surface area contributed by atoms with Gasteiger partial charge in [-0.25, -0.2) is 0 Å². The zero-order chi connectivity index (χ0) is 7.40. The second-order valence-electron chi connectivity index (χ2n) is 2.66. The Hall–Kier alpha value is -0.410. The third kappa shape index (κ3) is 1.78. The van der Waals surface area contributed by atoms with Gasteiger partial charge in [-0.3, -0.25) is 9.89 Å². The molecule has 1 saturated heterocycles. The molecule has 0 amide bonds. The van der Waals surface area contributed by atoms with Crippen LogP contribution in [0.4, 0.5) is 0 Å². The minimum absolute atomic E-state index is 0.499. The van der Waals surface area contributed by atoms with Gasteiger partial charge in [-0.15, -0.1) is 0 Å². The molecule has 0 radical (unpaired) electrons. The Morgan fingerprint density at radius 1 is 1.70 bits per heavy atom. The molecule has 0 aromatic rings. The summed E-state index contributed by atoms with van der Waals surface area (Å²) < 4.78 is 0. The number of likely N-dealkylation sites (N-methyl/N-ethyl adjacent to an activating group) is 1.